The Morgan fingerprint density at radius 1 is 0.850 bits per heavy atom. The summed E-state index contributed by atoms with van der Waals surface area (Å²) in [6, 6.07) is 0.805. The van der Waals surface area contributed by atoms with Crippen LogP contribution in [0.5, 0.6) is 0 Å². The van der Waals surface area contributed by atoms with Crippen LogP contribution in [0.2, 0.25) is 0 Å². The number of hydrogen-bond donors (Lipinski definition) is 1. The summed E-state index contributed by atoms with van der Waals surface area (Å²) in [6.07, 6.45) is 14.2. The van der Waals surface area contributed by atoms with Gasteiger partial charge in [-0.2, -0.15) is 0 Å². The molecule has 1 aliphatic rings. The molecule has 1 heteroatoms. The molecule has 0 heterocycles. The second-order valence-corrected chi connectivity index (χ2v) is 7.33. The predicted octanol–water partition coefficient (Wildman–Crippen LogP) is 5.79. The smallest absolute Gasteiger partial charge is 0.00953 e. The highest BCUT2D eigenvalue weighted by Crippen LogP contribution is 2.35. The van der Waals surface area contributed by atoms with Crippen LogP contribution in [0.3, 0.4) is 0 Å². The Balaban J connectivity index is 2.35. The van der Waals surface area contributed by atoms with Gasteiger partial charge in [-0.05, 0) is 62.8 Å². The fraction of sp³-hybridized carbons (Fsp3) is 1.00. The topological polar surface area (TPSA) is 12.0 Å². The highest BCUT2D eigenvalue weighted by Gasteiger charge is 2.28. The lowest BCUT2D eigenvalue weighted by Crippen LogP contribution is -2.39. The highest BCUT2D eigenvalue weighted by atomic mass is 14.9. The van der Waals surface area contributed by atoms with Gasteiger partial charge in [0, 0.05) is 6.04 Å². The van der Waals surface area contributed by atoms with Crippen molar-refractivity contribution in [2.24, 2.45) is 17.8 Å². The number of hydrogen-bond acceptors (Lipinski definition) is 1. The van der Waals surface area contributed by atoms with Gasteiger partial charge in [0.1, 0.15) is 0 Å². The van der Waals surface area contributed by atoms with E-state index in [1.165, 1.54) is 70.8 Å². The standard InChI is InChI=1S/C19H39N/c1-5-7-8-9-10-19(20-15-6-2)18-13-11-17(12-14-18)16(3)4/h16-20H,5-15H2,1-4H3. The van der Waals surface area contributed by atoms with Crippen molar-refractivity contribution in [2.75, 3.05) is 6.54 Å². The van der Waals surface area contributed by atoms with E-state index in [-0.39, 0.29) is 0 Å². The molecule has 0 aromatic carbocycles. The fourth-order valence-electron chi connectivity index (χ4n) is 3.84. The van der Waals surface area contributed by atoms with Gasteiger partial charge < -0.3 is 5.32 Å². The molecule has 1 unspecified atom stereocenters. The van der Waals surface area contributed by atoms with Gasteiger partial charge in [-0.1, -0.05) is 53.4 Å². The number of nitrogens with one attached hydrogen (secondary N) is 1. The van der Waals surface area contributed by atoms with Gasteiger partial charge in [0.2, 0.25) is 0 Å². The lowest BCUT2D eigenvalue weighted by molar-refractivity contribution is 0.182. The van der Waals surface area contributed by atoms with E-state index in [1.54, 1.807) is 0 Å². The van der Waals surface area contributed by atoms with Crippen molar-refractivity contribution < 1.29 is 0 Å². The first kappa shape index (κ1) is 18.0. The van der Waals surface area contributed by atoms with Crippen LogP contribution in [0.15, 0.2) is 0 Å². The van der Waals surface area contributed by atoms with Crippen LogP contribution >= 0.6 is 0 Å². The second kappa shape index (κ2) is 10.7. The molecular weight excluding hydrogens is 242 g/mol. The van der Waals surface area contributed by atoms with Gasteiger partial charge >= 0.3 is 0 Å². The quantitative estimate of drug-likeness (QED) is 0.500. The van der Waals surface area contributed by atoms with Crippen molar-refractivity contribution in [3.8, 4) is 0 Å². The number of unbranched alkanes of at least 4 members (excludes halogenated alkanes) is 3. The Bertz CT molecular complexity index is 216. The van der Waals surface area contributed by atoms with Crippen molar-refractivity contribution in [2.45, 2.75) is 97.9 Å². The average molecular weight is 282 g/mol. The van der Waals surface area contributed by atoms with E-state index in [2.05, 4.69) is 33.0 Å². The van der Waals surface area contributed by atoms with Gasteiger partial charge in [-0.15, -0.1) is 0 Å². The maximum Gasteiger partial charge on any atom is 0.00953 e. The fourth-order valence-corrected chi connectivity index (χ4v) is 3.84. The molecule has 0 aliphatic heterocycles. The maximum atomic E-state index is 3.86. The zero-order chi connectivity index (χ0) is 14.8. The Kier molecular flexibility index (Phi) is 9.59. The molecule has 20 heavy (non-hydrogen) atoms. The van der Waals surface area contributed by atoms with E-state index in [0.29, 0.717) is 0 Å². The van der Waals surface area contributed by atoms with Crippen LogP contribution in [-0.4, -0.2) is 12.6 Å². The largest absolute Gasteiger partial charge is 0.314 e. The van der Waals surface area contributed by atoms with E-state index >= 15 is 0 Å². The third-order valence-electron chi connectivity index (χ3n) is 5.35. The van der Waals surface area contributed by atoms with E-state index < -0.39 is 0 Å². The molecule has 1 fully saturated rings. The predicted molar refractivity (Wildman–Crippen MR) is 91.1 cm³/mol. The Morgan fingerprint density at radius 3 is 2.05 bits per heavy atom. The molecule has 1 atom stereocenters. The summed E-state index contributed by atoms with van der Waals surface area (Å²) in [7, 11) is 0. The van der Waals surface area contributed by atoms with Crippen LogP contribution in [0.25, 0.3) is 0 Å². The second-order valence-electron chi connectivity index (χ2n) is 7.33. The third-order valence-corrected chi connectivity index (χ3v) is 5.35. The molecular formula is C19H39N. The van der Waals surface area contributed by atoms with E-state index in [4.69, 9.17) is 0 Å². The SMILES string of the molecule is CCCCCCC(NCCC)C1CCC(C(C)C)CC1. The summed E-state index contributed by atoms with van der Waals surface area (Å²) in [6.45, 7) is 10.6. The summed E-state index contributed by atoms with van der Waals surface area (Å²) >= 11 is 0. The Morgan fingerprint density at radius 2 is 1.50 bits per heavy atom. The van der Waals surface area contributed by atoms with Gasteiger partial charge in [0.05, 0.1) is 0 Å². The molecule has 1 rings (SSSR count). The maximum absolute atomic E-state index is 3.86. The zero-order valence-electron chi connectivity index (χ0n) is 14.6. The molecule has 0 aromatic heterocycles. The van der Waals surface area contributed by atoms with Gasteiger partial charge in [-0.25, -0.2) is 0 Å². The molecule has 0 aromatic rings. The zero-order valence-corrected chi connectivity index (χ0v) is 14.6. The average Bonchev–Trinajstić information content (AvgIpc) is 2.47. The lowest BCUT2D eigenvalue weighted by Gasteiger charge is -2.36. The van der Waals surface area contributed by atoms with Crippen molar-refractivity contribution in [3.63, 3.8) is 0 Å². The van der Waals surface area contributed by atoms with Crippen LogP contribution < -0.4 is 5.32 Å². The van der Waals surface area contributed by atoms with Crippen molar-refractivity contribution in [1.82, 2.24) is 5.32 Å². The van der Waals surface area contributed by atoms with Gasteiger partial charge in [0.15, 0.2) is 0 Å². The highest BCUT2D eigenvalue weighted by molar-refractivity contribution is 4.83. The molecule has 0 spiro atoms. The first-order valence-corrected chi connectivity index (χ1v) is 9.42. The van der Waals surface area contributed by atoms with E-state index in [1.807, 2.05) is 0 Å². The molecule has 1 nitrogen and oxygen atoms in total. The molecule has 1 N–H and O–H groups in total. The summed E-state index contributed by atoms with van der Waals surface area (Å²) in [5.74, 6) is 2.85. The van der Waals surface area contributed by atoms with Crippen molar-refractivity contribution >= 4 is 0 Å². The minimum Gasteiger partial charge on any atom is -0.314 e. The molecule has 0 saturated heterocycles. The Labute approximate surface area is 128 Å². The van der Waals surface area contributed by atoms with Crippen LogP contribution in [0.4, 0.5) is 0 Å². The lowest BCUT2D eigenvalue weighted by atomic mass is 9.74. The van der Waals surface area contributed by atoms with E-state index in [0.717, 1.165) is 23.8 Å². The van der Waals surface area contributed by atoms with Gasteiger partial charge in [-0.3, -0.25) is 0 Å². The molecule has 120 valence electrons. The molecule has 0 amide bonds. The van der Waals surface area contributed by atoms with Crippen molar-refractivity contribution in [3.05, 3.63) is 0 Å². The van der Waals surface area contributed by atoms with E-state index in [9.17, 15) is 0 Å². The molecule has 1 saturated carbocycles. The normalized spacial score (nSPS) is 25.1. The summed E-state index contributed by atoms with van der Waals surface area (Å²) in [5, 5.41) is 3.86. The monoisotopic (exact) mass is 281 g/mol. The molecule has 0 bridgehead atoms. The molecule has 1 aliphatic carbocycles. The number of rotatable bonds is 10. The molecule has 0 radical (unpaired) electrons. The minimum absolute atomic E-state index is 0.805. The minimum atomic E-state index is 0.805. The summed E-state index contributed by atoms with van der Waals surface area (Å²) in [5.41, 5.74) is 0. The van der Waals surface area contributed by atoms with Crippen LogP contribution in [0.1, 0.15) is 91.9 Å². The van der Waals surface area contributed by atoms with Crippen LogP contribution in [0, 0.1) is 17.8 Å². The summed E-state index contributed by atoms with van der Waals surface area (Å²) in [4.78, 5) is 0. The Hall–Kier alpha value is -0.0400. The van der Waals surface area contributed by atoms with Gasteiger partial charge in [0.25, 0.3) is 0 Å². The van der Waals surface area contributed by atoms with Crippen molar-refractivity contribution in [1.29, 1.82) is 0 Å². The summed E-state index contributed by atoms with van der Waals surface area (Å²) < 4.78 is 0. The third kappa shape index (κ3) is 6.61. The first-order chi connectivity index (χ1) is 9.69. The van der Waals surface area contributed by atoms with Crippen LogP contribution in [-0.2, 0) is 0 Å². The first-order valence-electron chi connectivity index (χ1n) is 9.42.